The first kappa shape index (κ1) is 48.8. The first-order valence-electron chi connectivity index (χ1n) is 19.6. The quantitative estimate of drug-likeness (QED) is 0.120. The van der Waals surface area contributed by atoms with E-state index >= 15 is 0 Å². The van der Waals surface area contributed by atoms with Gasteiger partial charge < -0.3 is 21.7 Å². The van der Waals surface area contributed by atoms with Crippen LogP contribution >= 0.6 is 23.2 Å². The molecule has 2 aromatic rings. The van der Waals surface area contributed by atoms with Crippen molar-refractivity contribution in [3.05, 3.63) is 52.5 Å². The van der Waals surface area contributed by atoms with E-state index in [1.807, 2.05) is 13.8 Å². The number of nitrogens with one attached hydrogen (secondary N) is 4. The van der Waals surface area contributed by atoms with E-state index in [9.17, 15) is 42.0 Å². The summed E-state index contributed by atoms with van der Waals surface area (Å²) >= 11 is 12.4. The summed E-state index contributed by atoms with van der Waals surface area (Å²) in [5, 5.41) is 9.46. The molecular weight excluding hydrogens is 827 g/mol. The lowest BCUT2D eigenvalue weighted by molar-refractivity contribution is -0.142. The molecule has 20 heteroatoms. The fourth-order valence-electron chi connectivity index (χ4n) is 6.51. The Morgan fingerprint density at radius 2 is 1.58 bits per heavy atom. The zero-order valence-corrected chi connectivity index (χ0v) is 36.2. The van der Waals surface area contributed by atoms with E-state index in [0.717, 1.165) is 25.3 Å². The highest BCUT2D eigenvalue weighted by Crippen LogP contribution is 2.31. The number of rotatable bonds is 20. The number of halogens is 2. The normalized spacial score (nSPS) is 15.8. The van der Waals surface area contributed by atoms with E-state index in [-0.39, 0.29) is 51.1 Å². The van der Waals surface area contributed by atoms with Gasteiger partial charge in [-0.25, -0.2) is 17.7 Å². The number of benzene rings is 1. The molecule has 1 unspecified atom stereocenters. The van der Waals surface area contributed by atoms with Crippen molar-refractivity contribution < 1.29 is 42.0 Å². The smallest absolute Gasteiger partial charge is 0.295 e. The van der Waals surface area contributed by atoms with Gasteiger partial charge in [0.05, 0.1) is 17.3 Å². The number of carbonyl (C=O) groups is 7. The highest BCUT2D eigenvalue weighted by Gasteiger charge is 2.41. The van der Waals surface area contributed by atoms with Gasteiger partial charge in [0.25, 0.3) is 27.7 Å². The van der Waals surface area contributed by atoms with Gasteiger partial charge in [0.15, 0.2) is 0 Å². The molecule has 6 amide bonds. The standard InChI is InChI=1S/C39H54Cl2N8O9S/c1-6-23(5)33(48-35(52)28(17-22(3)4)45-36(53)30-20-43-15-16-44-30)37(54)46-29(18-24-11-9-8-10-12-24)39(56)49(21-32(50)47-38(55)34(51)27(42)7-2)59(57,58)31-19-25(40)13-14-26(31)41/h13-16,19-20,22-24,27-29,33H,6-12,17-18,21,42H2,1-5H3,(H,45,53)(H,46,54)(H,48,52)(H,47,50,55)/t23-,27?,28-,29-,33-/m0/s1. The number of imide groups is 1. The van der Waals surface area contributed by atoms with Crippen LogP contribution in [-0.2, 0) is 38.8 Å². The minimum absolute atomic E-state index is 0.0258. The van der Waals surface area contributed by atoms with Gasteiger partial charge in [-0.3, -0.25) is 43.9 Å². The fraction of sp³-hybridized carbons (Fsp3) is 0.564. The number of hydrogen-bond donors (Lipinski definition) is 5. The van der Waals surface area contributed by atoms with E-state index in [1.54, 1.807) is 26.1 Å². The number of nitrogens with two attached hydrogens (primary N) is 1. The van der Waals surface area contributed by atoms with Gasteiger partial charge in [0.1, 0.15) is 35.3 Å². The third-order valence-corrected chi connectivity index (χ3v) is 12.5. The minimum Gasteiger partial charge on any atom is -0.342 e. The van der Waals surface area contributed by atoms with E-state index in [1.165, 1.54) is 30.7 Å². The van der Waals surface area contributed by atoms with Crippen molar-refractivity contribution in [1.29, 1.82) is 0 Å². The summed E-state index contributed by atoms with van der Waals surface area (Å²) in [7, 11) is -5.05. The molecule has 324 valence electrons. The lowest BCUT2D eigenvalue weighted by Gasteiger charge is -2.33. The number of carbonyl (C=O) groups excluding carboxylic acids is 7. The second-order valence-electron chi connectivity index (χ2n) is 15.1. The largest absolute Gasteiger partial charge is 0.342 e. The molecular formula is C39H54Cl2N8O9S. The van der Waals surface area contributed by atoms with Crippen molar-refractivity contribution in [3.8, 4) is 0 Å². The molecule has 1 aromatic heterocycles. The molecule has 3 rings (SSSR count). The summed E-state index contributed by atoms with van der Waals surface area (Å²) in [6, 6.07) is -1.73. The number of sulfonamides is 1. The predicted molar refractivity (Wildman–Crippen MR) is 219 cm³/mol. The Hall–Kier alpha value is -4.52. The van der Waals surface area contributed by atoms with Crippen molar-refractivity contribution >= 4 is 74.5 Å². The van der Waals surface area contributed by atoms with Crippen molar-refractivity contribution in [3.63, 3.8) is 0 Å². The number of hydrogen-bond acceptors (Lipinski definition) is 12. The molecule has 6 N–H and O–H groups in total. The lowest BCUT2D eigenvalue weighted by Crippen LogP contribution is -2.60. The molecule has 1 aliphatic rings. The first-order chi connectivity index (χ1) is 27.8. The molecule has 0 spiro atoms. The highest BCUT2D eigenvalue weighted by atomic mass is 35.5. The average Bonchev–Trinajstić information content (AvgIpc) is 3.21. The molecule has 1 aliphatic carbocycles. The van der Waals surface area contributed by atoms with Gasteiger partial charge in [-0.1, -0.05) is 96.3 Å². The summed E-state index contributed by atoms with van der Waals surface area (Å²) in [6.45, 7) is 7.42. The van der Waals surface area contributed by atoms with Crippen LogP contribution in [0.5, 0.6) is 0 Å². The summed E-state index contributed by atoms with van der Waals surface area (Å²) in [4.78, 5) is 101. The fourth-order valence-corrected chi connectivity index (χ4v) is 8.63. The zero-order chi connectivity index (χ0) is 44.0. The zero-order valence-electron chi connectivity index (χ0n) is 33.8. The SMILES string of the molecule is CCC(N)C(=O)C(=O)NC(=O)CN(C(=O)[C@H](CC1CCCCC1)NC(=O)[C@@H](NC(=O)[C@H](CC(C)C)NC(=O)c1cnccn1)[C@@H](C)CC)S(=O)(=O)c1cc(Cl)ccc1Cl. The predicted octanol–water partition coefficient (Wildman–Crippen LogP) is 3.08. The second kappa shape index (κ2) is 22.7. The molecule has 1 aromatic carbocycles. The molecule has 1 heterocycles. The Bertz CT molecular complexity index is 1950. The molecule has 59 heavy (non-hydrogen) atoms. The van der Waals surface area contributed by atoms with Crippen LogP contribution in [0.4, 0.5) is 0 Å². The van der Waals surface area contributed by atoms with Crippen LogP contribution in [0.25, 0.3) is 0 Å². The van der Waals surface area contributed by atoms with E-state index in [4.69, 9.17) is 28.9 Å². The average molecular weight is 882 g/mol. The number of aromatic nitrogens is 2. The maximum atomic E-state index is 14.7. The Morgan fingerprint density at radius 3 is 2.17 bits per heavy atom. The van der Waals surface area contributed by atoms with E-state index in [0.29, 0.717) is 19.3 Å². The third kappa shape index (κ3) is 14.0. The van der Waals surface area contributed by atoms with Crippen LogP contribution in [0.3, 0.4) is 0 Å². The first-order valence-corrected chi connectivity index (χ1v) is 21.8. The highest BCUT2D eigenvalue weighted by molar-refractivity contribution is 7.89. The lowest BCUT2D eigenvalue weighted by atomic mass is 9.84. The summed E-state index contributed by atoms with van der Waals surface area (Å²) in [5.74, 6) is -8.06. The van der Waals surface area contributed by atoms with Gasteiger partial charge in [0.2, 0.25) is 23.5 Å². The van der Waals surface area contributed by atoms with Crippen molar-refractivity contribution in [1.82, 2.24) is 35.5 Å². The number of Topliss-reactive ketones (excluding diaryl/α,β-unsaturated/α-hetero) is 1. The van der Waals surface area contributed by atoms with Crippen molar-refractivity contribution in [2.24, 2.45) is 23.5 Å². The number of nitrogens with zero attached hydrogens (tertiary/aromatic N) is 3. The van der Waals surface area contributed by atoms with E-state index in [2.05, 4.69) is 25.9 Å². The molecule has 17 nitrogen and oxygen atoms in total. The van der Waals surface area contributed by atoms with Crippen LogP contribution in [0.15, 0.2) is 41.7 Å². The van der Waals surface area contributed by atoms with Gasteiger partial charge in [-0.05, 0) is 55.2 Å². The molecule has 0 radical (unpaired) electrons. The van der Waals surface area contributed by atoms with Crippen LogP contribution in [0, 0.1) is 17.8 Å². The Labute approximate surface area is 354 Å². The van der Waals surface area contributed by atoms with Gasteiger partial charge >= 0.3 is 0 Å². The Balaban J connectivity index is 2.04. The molecule has 5 atom stereocenters. The summed E-state index contributed by atoms with van der Waals surface area (Å²) in [5.41, 5.74) is 5.64. The maximum Gasteiger partial charge on any atom is 0.295 e. The van der Waals surface area contributed by atoms with Crippen molar-refractivity contribution in [2.75, 3.05) is 6.54 Å². The minimum atomic E-state index is -5.05. The Morgan fingerprint density at radius 1 is 0.898 bits per heavy atom. The van der Waals surface area contributed by atoms with Crippen LogP contribution < -0.4 is 27.0 Å². The van der Waals surface area contributed by atoms with Gasteiger partial charge in [-0.2, -0.15) is 0 Å². The second-order valence-corrected chi connectivity index (χ2v) is 17.8. The monoisotopic (exact) mass is 880 g/mol. The molecule has 0 saturated heterocycles. The summed E-state index contributed by atoms with van der Waals surface area (Å²) in [6.07, 6.45) is 8.46. The third-order valence-electron chi connectivity index (χ3n) is 10.1. The van der Waals surface area contributed by atoms with E-state index < -0.39 is 92.8 Å². The van der Waals surface area contributed by atoms with Crippen LogP contribution in [0.2, 0.25) is 10.0 Å². The summed E-state index contributed by atoms with van der Waals surface area (Å²) < 4.78 is 28.8. The molecule has 1 fully saturated rings. The number of ketones is 1. The molecule has 0 aliphatic heterocycles. The van der Waals surface area contributed by atoms with Crippen molar-refractivity contribution in [2.45, 2.75) is 121 Å². The van der Waals surface area contributed by atoms with Gasteiger partial charge in [0, 0.05) is 17.4 Å². The van der Waals surface area contributed by atoms with Crippen LogP contribution in [-0.4, -0.2) is 94.6 Å². The molecule has 1 saturated carbocycles. The maximum absolute atomic E-state index is 14.7. The molecule has 0 bridgehead atoms. The topological polar surface area (TPSA) is 257 Å². The van der Waals surface area contributed by atoms with Gasteiger partial charge in [-0.15, -0.1) is 0 Å². The Kier molecular flexibility index (Phi) is 18.8. The number of amides is 6. The van der Waals surface area contributed by atoms with Crippen LogP contribution in [0.1, 0.15) is 103 Å².